The first-order valence-electron chi connectivity index (χ1n) is 8.26. The Balaban J connectivity index is 3.54. The molecular weight excluding hydrogens is 320 g/mol. The minimum atomic E-state index is -1.17. The zero-order valence-electron chi connectivity index (χ0n) is 13.5. The zero-order chi connectivity index (χ0) is 16.8. The smallest absolute Gasteiger partial charge is 0.318 e. The summed E-state index contributed by atoms with van der Waals surface area (Å²) in [6.07, 6.45) is 12.3. The van der Waals surface area contributed by atoms with E-state index in [0.717, 1.165) is 12.8 Å². The van der Waals surface area contributed by atoms with Gasteiger partial charge < -0.3 is 10.2 Å². The molecule has 2 N–H and O–H groups in total. The molecule has 130 valence electrons. The Morgan fingerprint density at radius 3 is 1.73 bits per heavy atom. The number of carboxylic acids is 2. The van der Waals surface area contributed by atoms with E-state index >= 15 is 0 Å². The summed E-state index contributed by atoms with van der Waals surface area (Å²) in [7, 11) is 0. The van der Waals surface area contributed by atoms with Crippen molar-refractivity contribution in [2.24, 2.45) is 0 Å². The second-order valence-electron chi connectivity index (χ2n) is 5.59. The standard InChI is InChI=1S/C16H30O4S2/c1-2-3-4-5-6-7-8-9-10-11-12-22-14(16(19)20)13(21)15(17)18/h13-14,21H,2-12H2,1H3,(H,17,18)(H,19,20). The monoisotopic (exact) mass is 350 g/mol. The number of thiol groups is 1. The lowest BCUT2D eigenvalue weighted by Gasteiger charge is -2.15. The van der Waals surface area contributed by atoms with Gasteiger partial charge in [0.1, 0.15) is 10.5 Å². The molecule has 22 heavy (non-hydrogen) atoms. The van der Waals surface area contributed by atoms with E-state index in [1.165, 1.54) is 63.1 Å². The number of rotatable bonds is 15. The van der Waals surface area contributed by atoms with Crippen molar-refractivity contribution in [1.29, 1.82) is 0 Å². The van der Waals surface area contributed by atoms with Crippen molar-refractivity contribution >= 4 is 36.3 Å². The summed E-state index contributed by atoms with van der Waals surface area (Å²) in [5.41, 5.74) is 0. The van der Waals surface area contributed by atoms with Crippen LogP contribution in [-0.4, -0.2) is 38.4 Å². The number of aliphatic carboxylic acids is 2. The molecule has 0 amide bonds. The zero-order valence-corrected chi connectivity index (χ0v) is 15.2. The van der Waals surface area contributed by atoms with Crippen molar-refractivity contribution in [1.82, 2.24) is 0 Å². The molecule has 4 nitrogen and oxygen atoms in total. The Bertz CT molecular complexity index is 311. The molecule has 0 aromatic carbocycles. The Morgan fingerprint density at radius 1 is 0.864 bits per heavy atom. The summed E-state index contributed by atoms with van der Waals surface area (Å²) in [5.74, 6) is -1.59. The molecule has 0 fully saturated rings. The predicted octanol–water partition coefficient (Wildman–Crippen LogP) is 4.48. The fourth-order valence-corrected chi connectivity index (χ4v) is 3.68. The average molecular weight is 351 g/mol. The van der Waals surface area contributed by atoms with Crippen LogP contribution >= 0.6 is 24.4 Å². The number of unbranched alkanes of at least 4 members (excludes halogenated alkanes) is 9. The number of carbonyl (C=O) groups is 2. The van der Waals surface area contributed by atoms with Crippen molar-refractivity contribution in [2.45, 2.75) is 81.6 Å². The number of carboxylic acid groups (broad SMARTS) is 2. The van der Waals surface area contributed by atoms with E-state index in [0.29, 0.717) is 5.75 Å². The van der Waals surface area contributed by atoms with E-state index in [1.807, 2.05) is 0 Å². The van der Waals surface area contributed by atoms with Gasteiger partial charge in [-0.1, -0.05) is 64.7 Å². The molecule has 0 aromatic heterocycles. The van der Waals surface area contributed by atoms with Crippen LogP contribution in [0.2, 0.25) is 0 Å². The highest BCUT2D eigenvalue weighted by molar-refractivity contribution is 8.01. The first kappa shape index (κ1) is 21.6. The largest absolute Gasteiger partial charge is 0.480 e. The maximum atomic E-state index is 11.0. The molecule has 0 radical (unpaired) electrons. The summed E-state index contributed by atoms with van der Waals surface area (Å²) in [6.45, 7) is 2.22. The summed E-state index contributed by atoms with van der Waals surface area (Å²) in [4.78, 5) is 21.8. The van der Waals surface area contributed by atoms with Gasteiger partial charge in [0.15, 0.2) is 0 Å². The molecule has 0 aliphatic rings. The minimum Gasteiger partial charge on any atom is -0.480 e. The van der Waals surface area contributed by atoms with E-state index in [2.05, 4.69) is 19.6 Å². The minimum absolute atomic E-state index is 0.678. The molecule has 6 heteroatoms. The van der Waals surface area contributed by atoms with Gasteiger partial charge in [0.25, 0.3) is 0 Å². The molecule has 2 atom stereocenters. The fraction of sp³-hybridized carbons (Fsp3) is 0.875. The average Bonchev–Trinajstić information content (AvgIpc) is 2.47. The summed E-state index contributed by atoms with van der Waals surface area (Å²) >= 11 is 5.05. The lowest BCUT2D eigenvalue weighted by molar-refractivity contribution is -0.142. The molecule has 0 rings (SSSR count). The van der Waals surface area contributed by atoms with Crippen LogP contribution < -0.4 is 0 Å². The van der Waals surface area contributed by atoms with Crippen LogP contribution in [0, 0.1) is 0 Å². The Morgan fingerprint density at radius 2 is 1.32 bits per heavy atom. The van der Waals surface area contributed by atoms with E-state index in [4.69, 9.17) is 10.2 Å². The molecule has 0 heterocycles. The number of hydrogen-bond donors (Lipinski definition) is 3. The van der Waals surface area contributed by atoms with Gasteiger partial charge in [-0.25, -0.2) is 0 Å². The van der Waals surface area contributed by atoms with Crippen molar-refractivity contribution < 1.29 is 19.8 Å². The van der Waals surface area contributed by atoms with Gasteiger partial charge in [-0.05, 0) is 12.2 Å². The first-order chi connectivity index (χ1) is 10.5. The number of thioether (sulfide) groups is 1. The van der Waals surface area contributed by atoms with Gasteiger partial charge in [-0.2, -0.15) is 12.6 Å². The van der Waals surface area contributed by atoms with E-state index in [9.17, 15) is 9.59 Å². The fourth-order valence-electron chi connectivity index (χ4n) is 2.23. The maximum Gasteiger partial charge on any atom is 0.318 e. The topological polar surface area (TPSA) is 74.6 Å². The molecule has 0 bridgehead atoms. The third-order valence-electron chi connectivity index (χ3n) is 3.58. The third kappa shape index (κ3) is 11.2. The van der Waals surface area contributed by atoms with Gasteiger partial charge in [0, 0.05) is 0 Å². The third-order valence-corrected chi connectivity index (χ3v) is 5.66. The molecule has 0 aliphatic carbocycles. The van der Waals surface area contributed by atoms with Gasteiger partial charge in [-0.3, -0.25) is 9.59 Å². The normalized spacial score (nSPS) is 13.7. The highest BCUT2D eigenvalue weighted by Gasteiger charge is 2.30. The second-order valence-corrected chi connectivity index (χ2v) is 7.40. The summed E-state index contributed by atoms with van der Waals surface area (Å²) in [5, 5.41) is 15.7. The SMILES string of the molecule is CCCCCCCCCCCCSC(C(=O)O)C(S)C(=O)O. The molecule has 0 saturated carbocycles. The highest BCUT2D eigenvalue weighted by Crippen LogP contribution is 2.21. The Kier molecular flexibility index (Phi) is 14.0. The predicted molar refractivity (Wildman–Crippen MR) is 96.1 cm³/mol. The van der Waals surface area contributed by atoms with Crippen LogP contribution in [0.5, 0.6) is 0 Å². The van der Waals surface area contributed by atoms with Crippen LogP contribution in [0.1, 0.15) is 71.1 Å². The molecular formula is C16H30O4S2. The first-order valence-corrected chi connectivity index (χ1v) is 9.82. The van der Waals surface area contributed by atoms with Crippen molar-refractivity contribution in [3.63, 3.8) is 0 Å². The second kappa shape index (κ2) is 14.2. The van der Waals surface area contributed by atoms with E-state index in [1.54, 1.807) is 0 Å². The summed E-state index contributed by atoms with van der Waals surface area (Å²) < 4.78 is 0. The van der Waals surface area contributed by atoms with Crippen LogP contribution in [0.3, 0.4) is 0 Å². The quantitative estimate of drug-likeness (QED) is 0.300. The van der Waals surface area contributed by atoms with Crippen LogP contribution in [0.15, 0.2) is 0 Å². The van der Waals surface area contributed by atoms with Crippen molar-refractivity contribution in [2.75, 3.05) is 5.75 Å². The van der Waals surface area contributed by atoms with Crippen molar-refractivity contribution in [3.05, 3.63) is 0 Å². The Hall–Kier alpha value is -0.360. The van der Waals surface area contributed by atoms with E-state index < -0.39 is 22.4 Å². The molecule has 0 saturated heterocycles. The van der Waals surface area contributed by atoms with Crippen LogP contribution in [0.25, 0.3) is 0 Å². The number of hydrogen-bond acceptors (Lipinski definition) is 4. The molecule has 2 unspecified atom stereocenters. The maximum absolute atomic E-state index is 11.0. The molecule has 0 aromatic rings. The van der Waals surface area contributed by atoms with Gasteiger partial charge >= 0.3 is 11.9 Å². The lowest BCUT2D eigenvalue weighted by atomic mass is 10.1. The molecule has 0 spiro atoms. The van der Waals surface area contributed by atoms with Crippen LogP contribution in [-0.2, 0) is 9.59 Å². The van der Waals surface area contributed by atoms with Gasteiger partial charge in [-0.15, -0.1) is 11.8 Å². The lowest BCUT2D eigenvalue weighted by Crippen LogP contribution is -2.33. The summed E-state index contributed by atoms with van der Waals surface area (Å²) in [6, 6.07) is 0. The van der Waals surface area contributed by atoms with Gasteiger partial charge in [0.05, 0.1) is 0 Å². The van der Waals surface area contributed by atoms with Crippen molar-refractivity contribution in [3.8, 4) is 0 Å². The van der Waals surface area contributed by atoms with Crippen LogP contribution in [0.4, 0.5) is 0 Å². The Labute approximate surface area is 143 Å². The molecule has 0 aliphatic heterocycles. The van der Waals surface area contributed by atoms with Gasteiger partial charge in [0.2, 0.25) is 0 Å². The highest BCUT2D eigenvalue weighted by atomic mass is 32.2. The van der Waals surface area contributed by atoms with E-state index in [-0.39, 0.29) is 0 Å².